The second kappa shape index (κ2) is 7.62. The number of aromatic nitrogens is 4. The van der Waals surface area contributed by atoms with Crippen LogP contribution in [0.2, 0.25) is 0 Å². The van der Waals surface area contributed by atoms with E-state index in [-0.39, 0.29) is 22.8 Å². The number of H-pyrrole nitrogens is 1. The molecule has 0 unspecified atom stereocenters. The third-order valence-electron chi connectivity index (χ3n) is 5.09. The molecule has 0 aliphatic heterocycles. The number of carbonyl (C=O) groups is 1. The van der Waals surface area contributed by atoms with Gasteiger partial charge in [-0.05, 0) is 25.2 Å². The van der Waals surface area contributed by atoms with Crippen molar-refractivity contribution in [3.63, 3.8) is 0 Å². The van der Waals surface area contributed by atoms with Crippen molar-refractivity contribution in [3.05, 3.63) is 40.7 Å². The van der Waals surface area contributed by atoms with Gasteiger partial charge in [0.1, 0.15) is 11.5 Å². The zero-order valence-electron chi connectivity index (χ0n) is 17.7. The molecule has 1 atom stereocenters. The Labute approximate surface area is 166 Å². The van der Waals surface area contributed by atoms with Gasteiger partial charge in [-0.1, -0.05) is 34.6 Å². The van der Waals surface area contributed by atoms with Gasteiger partial charge in [-0.15, -0.1) is 0 Å². The zero-order valence-corrected chi connectivity index (χ0v) is 17.7. The van der Waals surface area contributed by atoms with Crippen LogP contribution in [0.15, 0.2) is 12.4 Å². The van der Waals surface area contributed by atoms with Crippen molar-refractivity contribution in [2.24, 2.45) is 5.41 Å². The first-order valence-electron chi connectivity index (χ1n) is 9.90. The predicted molar refractivity (Wildman–Crippen MR) is 107 cm³/mol. The van der Waals surface area contributed by atoms with E-state index in [9.17, 15) is 4.79 Å². The van der Waals surface area contributed by atoms with Gasteiger partial charge in [0.2, 0.25) is 0 Å². The van der Waals surface area contributed by atoms with Crippen molar-refractivity contribution in [2.45, 2.75) is 72.4 Å². The molecule has 2 aromatic rings. The van der Waals surface area contributed by atoms with Crippen molar-refractivity contribution in [1.29, 1.82) is 0 Å². The summed E-state index contributed by atoms with van der Waals surface area (Å²) in [6.07, 6.45) is 5.56. The Morgan fingerprint density at radius 2 is 2.11 bits per heavy atom. The van der Waals surface area contributed by atoms with E-state index in [2.05, 4.69) is 55.1 Å². The van der Waals surface area contributed by atoms with Crippen molar-refractivity contribution >= 4 is 5.97 Å². The molecule has 0 saturated heterocycles. The summed E-state index contributed by atoms with van der Waals surface area (Å²) in [5, 5.41) is 10.3. The van der Waals surface area contributed by atoms with Crippen LogP contribution in [0, 0.1) is 5.41 Å². The highest BCUT2D eigenvalue weighted by molar-refractivity contribution is 5.88. The number of hydrogen-bond acceptors (Lipinski definition) is 6. The predicted octanol–water partition coefficient (Wildman–Crippen LogP) is 3.48. The molecule has 2 heterocycles. The highest BCUT2D eigenvalue weighted by Gasteiger charge is 2.34. The number of aromatic amines is 1. The minimum atomic E-state index is -0.376. The van der Waals surface area contributed by atoms with E-state index in [1.165, 1.54) is 0 Å². The Kier molecular flexibility index (Phi) is 5.57. The summed E-state index contributed by atoms with van der Waals surface area (Å²) < 4.78 is 5.10. The topological polar surface area (TPSA) is 92.8 Å². The van der Waals surface area contributed by atoms with Crippen LogP contribution < -0.4 is 5.32 Å². The van der Waals surface area contributed by atoms with Crippen LogP contribution in [0.1, 0.15) is 87.1 Å². The minimum absolute atomic E-state index is 0.0785. The number of nitrogens with zero attached hydrogens (tertiary/aromatic N) is 3. The Balaban J connectivity index is 1.82. The van der Waals surface area contributed by atoms with Crippen LogP contribution in [0.25, 0.3) is 0 Å². The SMILES string of the molecule is CCOC(=O)c1[nH]ncc1CN[C@@H]1CC(C)(C)Cc2nc(C(C)(C)C)ncc21. The standard InChI is InChI=1S/C21H31N5O2/c1-7-28-18(27)17-13(11-24-26-17)10-22-15-8-21(5,6)9-16-14(15)12-23-19(25-16)20(2,3)4/h11-12,15,22H,7-10H2,1-6H3,(H,24,26)/t15-/m1/s1. The molecule has 7 nitrogen and oxygen atoms in total. The number of rotatable bonds is 5. The summed E-state index contributed by atoms with van der Waals surface area (Å²) in [4.78, 5) is 21.6. The van der Waals surface area contributed by atoms with Crippen LogP contribution in [-0.2, 0) is 23.1 Å². The van der Waals surface area contributed by atoms with Gasteiger partial charge in [0.05, 0.1) is 12.8 Å². The third kappa shape index (κ3) is 4.41. The number of ether oxygens (including phenoxy) is 1. The van der Waals surface area contributed by atoms with Crippen molar-refractivity contribution in [2.75, 3.05) is 6.61 Å². The fraction of sp³-hybridized carbons (Fsp3) is 0.619. The van der Waals surface area contributed by atoms with Crippen LogP contribution in [0.3, 0.4) is 0 Å². The fourth-order valence-corrected chi connectivity index (χ4v) is 3.65. The van der Waals surface area contributed by atoms with Crippen LogP contribution in [0.5, 0.6) is 0 Å². The van der Waals surface area contributed by atoms with Crippen LogP contribution in [-0.4, -0.2) is 32.7 Å². The van der Waals surface area contributed by atoms with E-state index in [0.29, 0.717) is 18.8 Å². The van der Waals surface area contributed by atoms with Gasteiger partial charge in [0, 0.05) is 41.0 Å². The maximum absolute atomic E-state index is 12.1. The van der Waals surface area contributed by atoms with E-state index in [0.717, 1.165) is 35.5 Å². The first kappa shape index (κ1) is 20.5. The lowest BCUT2D eigenvalue weighted by molar-refractivity contribution is 0.0518. The largest absolute Gasteiger partial charge is 0.461 e. The number of nitrogens with one attached hydrogen (secondary N) is 2. The molecule has 1 aliphatic rings. The molecule has 0 saturated carbocycles. The summed E-state index contributed by atoms with van der Waals surface area (Å²) >= 11 is 0. The lowest BCUT2D eigenvalue weighted by atomic mass is 9.74. The van der Waals surface area contributed by atoms with Crippen molar-refractivity contribution in [1.82, 2.24) is 25.5 Å². The Morgan fingerprint density at radius 1 is 1.36 bits per heavy atom. The molecule has 0 bridgehead atoms. The first-order chi connectivity index (χ1) is 13.1. The van der Waals surface area contributed by atoms with E-state index >= 15 is 0 Å². The van der Waals surface area contributed by atoms with E-state index in [1.54, 1.807) is 13.1 Å². The molecule has 0 amide bonds. The van der Waals surface area contributed by atoms with E-state index < -0.39 is 0 Å². The molecule has 0 fully saturated rings. The molecule has 0 radical (unpaired) electrons. The van der Waals surface area contributed by atoms with Gasteiger partial charge >= 0.3 is 5.97 Å². The first-order valence-corrected chi connectivity index (χ1v) is 9.90. The normalized spacial score (nSPS) is 18.6. The number of fused-ring (bicyclic) bond motifs is 1. The Bertz CT molecular complexity index is 851. The van der Waals surface area contributed by atoms with Gasteiger partial charge in [0.15, 0.2) is 0 Å². The molecular weight excluding hydrogens is 354 g/mol. The van der Waals surface area contributed by atoms with Gasteiger partial charge in [-0.3, -0.25) is 5.10 Å². The smallest absolute Gasteiger partial charge is 0.356 e. The van der Waals surface area contributed by atoms with Gasteiger partial charge in [-0.2, -0.15) is 5.10 Å². The maximum atomic E-state index is 12.1. The molecule has 152 valence electrons. The number of hydrogen-bond donors (Lipinski definition) is 2. The average Bonchev–Trinajstić information content (AvgIpc) is 3.06. The lowest BCUT2D eigenvalue weighted by Gasteiger charge is -2.37. The molecule has 0 aromatic carbocycles. The van der Waals surface area contributed by atoms with Gasteiger partial charge in [0.25, 0.3) is 0 Å². The number of esters is 1. The molecule has 2 N–H and O–H groups in total. The molecule has 1 aliphatic carbocycles. The minimum Gasteiger partial charge on any atom is -0.461 e. The summed E-state index contributed by atoms with van der Waals surface area (Å²) in [7, 11) is 0. The second-order valence-corrected chi connectivity index (χ2v) is 9.31. The maximum Gasteiger partial charge on any atom is 0.356 e. The monoisotopic (exact) mass is 385 g/mol. The van der Waals surface area contributed by atoms with Crippen molar-refractivity contribution < 1.29 is 9.53 Å². The molecule has 3 rings (SSSR count). The van der Waals surface area contributed by atoms with Gasteiger partial charge < -0.3 is 10.1 Å². The molecular formula is C21H31N5O2. The Hall–Kier alpha value is -2.28. The highest BCUT2D eigenvalue weighted by Crippen LogP contribution is 2.40. The lowest BCUT2D eigenvalue weighted by Crippen LogP contribution is -2.35. The van der Waals surface area contributed by atoms with Crippen LogP contribution in [0.4, 0.5) is 0 Å². The van der Waals surface area contributed by atoms with E-state index in [4.69, 9.17) is 9.72 Å². The van der Waals surface area contributed by atoms with E-state index in [1.807, 2.05) is 6.20 Å². The summed E-state index contributed by atoms with van der Waals surface area (Å²) in [6, 6.07) is 0.123. The summed E-state index contributed by atoms with van der Waals surface area (Å²) in [5.74, 6) is 0.501. The second-order valence-electron chi connectivity index (χ2n) is 9.31. The average molecular weight is 386 g/mol. The fourth-order valence-electron chi connectivity index (χ4n) is 3.65. The van der Waals surface area contributed by atoms with Crippen molar-refractivity contribution in [3.8, 4) is 0 Å². The quantitative estimate of drug-likeness (QED) is 0.766. The third-order valence-corrected chi connectivity index (χ3v) is 5.09. The van der Waals surface area contributed by atoms with Crippen LogP contribution >= 0.6 is 0 Å². The molecule has 7 heteroatoms. The zero-order chi connectivity index (χ0) is 20.5. The molecule has 28 heavy (non-hydrogen) atoms. The summed E-state index contributed by atoms with van der Waals surface area (Å²) in [5.41, 5.74) is 3.53. The van der Waals surface area contributed by atoms with Gasteiger partial charge in [-0.25, -0.2) is 14.8 Å². The molecule has 2 aromatic heterocycles. The molecule has 0 spiro atoms. The summed E-state index contributed by atoms with van der Waals surface area (Å²) in [6.45, 7) is 13.6. The Morgan fingerprint density at radius 3 is 2.79 bits per heavy atom. The number of carbonyl (C=O) groups excluding carboxylic acids is 1. The highest BCUT2D eigenvalue weighted by atomic mass is 16.5.